The quantitative estimate of drug-likeness (QED) is 0.490. The van der Waals surface area contributed by atoms with Gasteiger partial charge in [-0.2, -0.15) is 0 Å². The molecule has 90 valence electrons. The van der Waals surface area contributed by atoms with Crippen molar-refractivity contribution in [1.82, 2.24) is 0 Å². The molecule has 0 radical (unpaired) electrons. The van der Waals surface area contributed by atoms with Crippen molar-refractivity contribution in [3.63, 3.8) is 0 Å². The molecule has 0 bridgehead atoms. The van der Waals surface area contributed by atoms with E-state index in [4.69, 9.17) is 21.1 Å². The van der Waals surface area contributed by atoms with Gasteiger partial charge in [0.25, 0.3) is 0 Å². The fourth-order valence-corrected chi connectivity index (χ4v) is 1.51. The smallest absolute Gasteiger partial charge is 0.0701 e. The van der Waals surface area contributed by atoms with Crippen LogP contribution in [0.15, 0.2) is 30.3 Å². The number of hydrogen-bond acceptors (Lipinski definition) is 2. The highest BCUT2D eigenvalue weighted by Crippen LogP contribution is 2.02. The Morgan fingerprint density at radius 2 is 1.56 bits per heavy atom. The maximum atomic E-state index is 5.47. The van der Waals surface area contributed by atoms with E-state index in [1.807, 2.05) is 6.07 Å². The molecule has 0 aliphatic carbocycles. The second-order valence-corrected chi connectivity index (χ2v) is 3.88. The van der Waals surface area contributed by atoms with Crippen molar-refractivity contribution in [2.75, 3.05) is 32.3 Å². The molecule has 2 nitrogen and oxygen atoms in total. The Labute approximate surface area is 103 Å². The minimum Gasteiger partial charge on any atom is -0.379 e. The van der Waals surface area contributed by atoms with Crippen LogP contribution in [-0.2, 0) is 15.9 Å². The summed E-state index contributed by atoms with van der Waals surface area (Å²) in [6, 6.07) is 10.5. The van der Waals surface area contributed by atoms with Crippen LogP contribution < -0.4 is 0 Å². The van der Waals surface area contributed by atoms with E-state index in [1.165, 1.54) is 5.56 Å². The molecular weight excluding hydrogens is 224 g/mol. The van der Waals surface area contributed by atoms with Crippen molar-refractivity contribution in [3.8, 4) is 0 Å². The lowest BCUT2D eigenvalue weighted by Crippen LogP contribution is -2.07. The van der Waals surface area contributed by atoms with Gasteiger partial charge in [-0.05, 0) is 18.4 Å². The van der Waals surface area contributed by atoms with Gasteiger partial charge in [-0.1, -0.05) is 30.3 Å². The highest BCUT2D eigenvalue weighted by Gasteiger charge is 1.93. The highest BCUT2D eigenvalue weighted by molar-refractivity contribution is 6.17. The third-order valence-electron chi connectivity index (χ3n) is 2.19. The molecule has 0 atom stereocenters. The third kappa shape index (κ3) is 6.83. The Bertz CT molecular complexity index is 251. The number of benzene rings is 1. The standard InChI is InChI=1S/C13H19ClO2/c14-8-10-16-12-11-15-9-4-7-13-5-2-1-3-6-13/h1-3,5-6H,4,7-12H2. The Balaban J connectivity index is 1.89. The summed E-state index contributed by atoms with van der Waals surface area (Å²) in [4.78, 5) is 0. The topological polar surface area (TPSA) is 18.5 Å². The molecule has 0 saturated carbocycles. The zero-order valence-corrected chi connectivity index (χ0v) is 10.3. The molecule has 0 spiro atoms. The number of alkyl halides is 1. The van der Waals surface area contributed by atoms with Gasteiger partial charge in [0.2, 0.25) is 0 Å². The van der Waals surface area contributed by atoms with E-state index in [-0.39, 0.29) is 0 Å². The fourth-order valence-electron chi connectivity index (χ4n) is 1.40. The Kier molecular flexibility index (Phi) is 8.13. The first-order valence-corrected chi connectivity index (χ1v) is 6.22. The molecule has 0 aliphatic rings. The fraction of sp³-hybridized carbons (Fsp3) is 0.538. The van der Waals surface area contributed by atoms with Crippen LogP contribution in [0.1, 0.15) is 12.0 Å². The van der Waals surface area contributed by atoms with E-state index in [2.05, 4.69) is 24.3 Å². The lowest BCUT2D eigenvalue weighted by molar-refractivity contribution is 0.0527. The lowest BCUT2D eigenvalue weighted by Gasteiger charge is -2.04. The summed E-state index contributed by atoms with van der Waals surface area (Å²) in [5.74, 6) is 0.550. The first-order chi connectivity index (χ1) is 7.93. The van der Waals surface area contributed by atoms with Crippen LogP contribution in [0.4, 0.5) is 0 Å². The monoisotopic (exact) mass is 242 g/mol. The van der Waals surface area contributed by atoms with Crippen LogP contribution in [0.5, 0.6) is 0 Å². The average molecular weight is 243 g/mol. The van der Waals surface area contributed by atoms with Gasteiger partial charge in [-0.3, -0.25) is 0 Å². The summed E-state index contributed by atoms with van der Waals surface area (Å²) in [5.41, 5.74) is 1.37. The van der Waals surface area contributed by atoms with Crippen molar-refractivity contribution in [1.29, 1.82) is 0 Å². The zero-order valence-electron chi connectivity index (χ0n) is 9.53. The molecule has 0 unspecified atom stereocenters. The van der Waals surface area contributed by atoms with Gasteiger partial charge in [-0.25, -0.2) is 0 Å². The van der Waals surface area contributed by atoms with Gasteiger partial charge >= 0.3 is 0 Å². The van der Waals surface area contributed by atoms with Crippen LogP contribution >= 0.6 is 11.6 Å². The molecule has 1 aromatic carbocycles. The number of aryl methyl sites for hydroxylation is 1. The van der Waals surface area contributed by atoms with Gasteiger partial charge in [0.05, 0.1) is 19.8 Å². The van der Waals surface area contributed by atoms with E-state index in [1.54, 1.807) is 0 Å². The molecule has 16 heavy (non-hydrogen) atoms. The molecule has 3 heteroatoms. The Morgan fingerprint density at radius 1 is 0.875 bits per heavy atom. The average Bonchev–Trinajstić information content (AvgIpc) is 2.34. The minimum absolute atomic E-state index is 0.550. The normalized spacial score (nSPS) is 10.6. The molecule has 1 aromatic rings. The third-order valence-corrected chi connectivity index (χ3v) is 2.34. The molecule has 0 fully saturated rings. The summed E-state index contributed by atoms with van der Waals surface area (Å²) in [6.45, 7) is 2.69. The summed E-state index contributed by atoms with van der Waals surface area (Å²) in [6.07, 6.45) is 2.13. The van der Waals surface area contributed by atoms with Crippen molar-refractivity contribution >= 4 is 11.6 Å². The largest absolute Gasteiger partial charge is 0.379 e. The second-order valence-electron chi connectivity index (χ2n) is 3.50. The van der Waals surface area contributed by atoms with E-state index in [9.17, 15) is 0 Å². The van der Waals surface area contributed by atoms with Crippen LogP contribution in [0, 0.1) is 0 Å². The molecular formula is C13H19ClO2. The summed E-state index contributed by atoms with van der Waals surface area (Å²) in [7, 11) is 0. The SMILES string of the molecule is ClCCOCCOCCCc1ccccc1. The van der Waals surface area contributed by atoms with Crippen molar-refractivity contribution in [2.24, 2.45) is 0 Å². The van der Waals surface area contributed by atoms with Crippen molar-refractivity contribution in [2.45, 2.75) is 12.8 Å². The number of rotatable bonds is 9. The van der Waals surface area contributed by atoms with Gasteiger partial charge in [0.1, 0.15) is 0 Å². The van der Waals surface area contributed by atoms with E-state index in [0.717, 1.165) is 19.4 Å². The predicted octanol–water partition coefficient (Wildman–Crippen LogP) is 2.89. The van der Waals surface area contributed by atoms with E-state index < -0.39 is 0 Å². The van der Waals surface area contributed by atoms with Gasteiger partial charge in [0, 0.05) is 12.5 Å². The predicted molar refractivity (Wildman–Crippen MR) is 67.1 cm³/mol. The van der Waals surface area contributed by atoms with Gasteiger partial charge in [-0.15, -0.1) is 11.6 Å². The van der Waals surface area contributed by atoms with Crippen molar-refractivity contribution < 1.29 is 9.47 Å². The lowest BCUT2D eigenvalue weighted by atomic mass is 10.1. The van der Waals surface area contributed by atoms with Gasteiger partial charge in [0.15, 0.2) is 0 Å². The van der Waals surface area contributed by atoms with Crippen LogP contribution in [0.25, 0.3) is 0 Å². The second kappa shape index (κ2) is 9.64. The summed E-state index contributed by atoms with van der Waals surface area (Å²) < 4.78 is 10.6. The highest BCUT2D eigenvalue weighted by atomic mass is 35.5. The van der Waals surface area contributed by atoms with Crippen LogP contribution in [0.3, 0.4) is 0 Å². The Morgan fingerprint density at radius 3 is 2.25 bits per heavy atom. The number of hydrogen-bond donors (Lipinski definition) is 0. The molecule has 0 N–H and O–H groups in total. The molecule has 0 saturated heterocycles. The molecule has 0 aromatic heterocycles. The molecule has 0 amide bonds. The summed E-state index contributed by atoms with van der Waals surface area (Å²) in [5, 5.41) is 0. The maximum absolute atomic E-state index is 5.47. The minimum atomic E-state index is 0.550. The number of ether oxygens (including phenoxy) is 2. The zero-order chi connectivity index (χ0) is 11.5. The van der Waals surface area contributed by atoms with Crippen LogP contribution in [-0.4, -0.2) is 32.3 Å². The molecule has 0 heterocycles. The van der Waals surface area contributed by atoms with Crippen LogP contribution in [0.2, 0.25) is 0 Å². The maximum Gasteiger partial charge on any atom is 0.0701 e. The molecule has 0 aliphatic heterocycles. The van der Waals surface area contributed by atoms with Gasteiger partial charge < -0.3 is 9.47 Å². The van der Waals surface area contributed by atoms with Crippen molar-refractivity contribution in [3.05, 3.63) is 35.9 Å². The first kappa shape index (κ1) is 13.5. The Hall–Kier alpha value is -0.570. The van der Waals surface area contributed by atoms with E-state index >= 15 is 0 Å². The summed E-state index contributed by atoms with van der Waals surface area (Å²) >= 11 is 5.47. The number of halogens is 1. The first-order valence-electron chi connectivity index (χ1n) is 5.69. The van der Waals surface area contributed by atoms with E-state index in [0.29, 0.717) is 25.7 Å². The molecule has 1 rings (SSSR count).